The van der Waals surface area contributed by atoms with E-state index in [1.807, 2.05) is 17.7 Å². The first-order valence-electron chi connectivity index (χ1n) is 11.5. The van der Waals surface area contributed by atoms with Crippen LogP contribution in [0.15, 0.2) is 44.2 Å². The van der Waals surface area contributed by atoms with Gasteiger partial charge in [-0.25, -0.2) is 4.79 Å². The van der Waals surface area contributed by atoms with Crippen LogP contribution in [0.3, 0.4) is 0 Å². The first kappa shape index (κ1) is 26.0. The van der Waals surface area contributed by atoms with Crippen molar-refractivity contribution in [2.45, 2.75) is 37.9 Å². The number of hydrogen-bond acceptors (Lipinski definition) is 8. The Bertz CT molecular complexity index is 1110. The number of carbonyl (C=O) groups excluding carboxylic acids is 2. The molecular weight excluding hydrogens is 554 g/mol. The summed E-state index contributed by atoms with van der Waals surface area (Å²) in [4.78, 5) is 26.2. The Hall–Kier alpha value is -2.05. The molecule has 35 heavy (non-hydrogen) atoms. The van der Waals surface area contributed by atoms with Crippen LogP contribution in [0, 0.1) is 5.92 Å². The molecule has 3 aromatic heterocycles. The number of hydrogen-bond donors (Lipinski definition) is 2. The molecule has 8 nitrogen and oxygen atoms in total. The van der Waals surface area contributed by atoms with Gasteiger partial charge >= 0.3 is 5.97 Å². The molecule has 3 aliphatic rings. The van der Waals surface area contributed by atoms with Gasteiger partial charge in [-0.15, -0.1) is 0 Å². The SMILES string of the molecule is CCc1cc(NC(=O)C[N+]23CCC(CC2)[C@@H](OC(=O)C(O)(c2ccsc2)c2ccsc2)C3)no1.[Br-]. The molecule has 0 saturated carbocycles. The Labute approximate surface area is 222 Å². The van der Waals surface area contributed by atoms with Crippen molar-refractivity contribution in [1.82, 2.24) is 5.16 Å². The Kier molecular flexibility index (Phi) is 7.82. The number of piperidine rings is 3. The van der Waals surface area contributed by atoms with E-state index in [9.17, 15) is 14.7 Å². The molecule has 3 fully saturated rings. The standard InChI is InChI=1S/C24H27N3O5S2.BrH/c1-2-19-11-21(26-32-19)25-22(28)13-27-7-3-16(4-8-27)20(12-27)31-23(29)24(30,17-5-9-33-14-17)18-6-10-34-15-18;/h5-6,9-11,14-16,20,30H,2-4,7-8,12-13H2,1H3;1H/t16?,20-,27?;/m0./s1. The van der Waals surface area contributed by atoms with Gasteiger partial charge in [0, 0.05) is 42.4 Å². The van der Waals surface area contributed by atoms with Gasteiger partial charge in [-0.2, -0.15) is 22.7 Å². The first-order chi connectivity index (χ1) is 16.4. The van der Waals surface area contributed by atoms with E-state index in [-0.39, 0.29) is 41.5 Å². The summed E-state index contributed by atoms with van der Waals surface area (Å²) in [5.41, 5.74) is -0.799. The summed E-state index contributed by atoms with van der Waals surface area (Å²) in [6, 6.07) is 5.25. The van der Waals surface area contributed by atoms with Gasteiger partial charge in [-0.05, 0) is 33.7 Å². The Morgan fingerprint density at radius 1 is 1.23 bits per heavy atom. The highest BCUT2D eigenvalue weighted by molar-refractivity contribution is 7.08. The number of ether oxygens (including phenoxy) is 1. The Morgan fingerprint density at radius 2 is 1.89 bits per heavy atom. The van der Waals surface area contributed by atoms with E-state index in [4.69, 9.17) is 9.26 Å². The van der Waals surface area contributed by atoms with Gasteiger partial charge in [0.25, 0.3) is 5.91 Å². The Balaban J connectivity index is 0.00000289. The molecule has 2 bridgehead atoms. The second kappa shape index (κ2) is 10.5. The van der Waals surface area contributed by atoms with Crippen molar-refractivity contribution in [3.63, 3.8) is 0 Å². The van der Waals surface area contributed by atoms with Gasteiger partial charge in [-0.1, -0.05) is 12.1 Å². The third-order valence-electron chi connectivity index (χ3n) is 7.13. The fourth-order valence-electron chi connectivity index (χ4n) is 5.17. The molecule has 11 heteroatoms. The fourth-order valence-corrected chi connectivity index (χ4v) is 6.57. The minimum Gasteiger partial charge on any atom is -1.00 e. The topological polar surface area (TPSA) is 102 Å². The number of aromatic nitrogens is 1. The summed E-state index contributed by atoms with van der Waals surface area (Å²) in [5.74, 6) is 0.599. The summed E-state index contributed by atoms with van der Waals surface area (Å²) >= 11 is 2.85. The molecular formula is C24H28BrN3O5S2. The summed E-state index contributed by atoms with van der Waals surface area (Å²) in [6.45, 7) is 4.54. The lowest BCUT2D eigenvalue weighted by molar-refractivity contribution is -0.939. The highest BCUT2D eigenvalue weighted by Crippen LogP contribution is 2.39. The predicted molar refractivity (Wildman–Crippen MR) is 128 cm³/mol. The smallest absolute Gasteiger partial charge is 0.348 e. The van der Waals surface area contributed by atoms with E-state index in [1.54, 1.807) is 29.0 Å². The Morgan fingerprint density at radius 3 is 2.43 bits per heavy atom. The number of nitrogens with zero attached hydrogens (tertiary/aromatic N) is 2. The average molecular weight is 583 g/mol. The average Bonchev–Trinajstić information content (AvgIpc) is 3.62. The van der Waals surface area contributed by atoms with Crippen LogP contribution in [-0.2, 0) is 26.3 Å². The summed E-state index contributed by atoms with van der Waals surface area (Å²) in [5, 5.41) is 25.5. The molecule has 0 spiro atoms. The highest BCUT2D eigenvalue weighted by atomic mass is 79.9. The lowest BCUT2D eigenvalue weighted by Gasteiger charge is -2.51. The van der Waals surface area contributed by atoms with Crippen LogP contribution in [0.2, 0.25) is 0 Å². The van der Waals surface area contributed by atoms with Gasteiger partial charge in [0.15, 0.2) is 18.5 Å². The van der Waals surface area contributed by atoms with Crippen LogP contribution in [0.1, 0.15) is 36.7 Å². The van der Waals surface area contributed by atoms with Crippen LogP contribution in [0.4, 0.5) is 5.82 Å². The molecule has 3 saturated heterocycles. The minimum atomic E-state index is -1.84. The number of nitrogens with one attached hydrogen (secondary N) is 1. The second-order valence-corrected chi connectivity index (χ2v) is 10.8. The number of halogens is 1. The monoisotopic (exact) mass is 581 g/mol. The van der Waals surface area contributed by atoms with E-state index in [2.05, 4.69) is 10.5 Å². The zero-order chi connectivity index (χ0) is 23.8. The summed E-state index contributed by atoms with van der Waals surface area (Å²) < 4.78 is 11.8. The molecule has 6 heterocycles. The third-order valence-corrected chi connectivity index (χ3v) is 8.49. The molecule has 2 N–H and O–H groups in total. The third kappa shape index (κ3) is 5.10. The number of aryl methyl sites for hydroxylation is 1. The minimum absolute atomic E-state index is 0. The molecule has 0 aromatic carbocycles. The number of aliphatic hydroxyl groups is 1. The quantitative estimate of drug-likeness (QED) is 0.295. The van der Waals surface area contributed by atoms with Crippen molar-refractivity contribution in [2.24, 2.45) is 5.92 Å². The zero-order valence-corrected chi connectivity index (χ0v) is 22.5. The molecule has 1 amide bonds. The molecule has 3 aromatic rings. The second-order valence-electron chi connectivity index (χ2n) is 9.23. The maximum absolute atomic E-state index is 13.4. The van der Waals surface area contributed by atoms with Gasteiger partial charge < -0.3 is 41.1 Å². The van der Waals surface area contributed by atoms with E-state index in [0.29, 0.717) is 34.4 Å². The number of thiophene rings is 2. The van der Waals surface area contributed by atoms with Gasteiger partial charge in [-0.3, -0.25) is 4.79 Å². The zero-order valence-electron chi connectivity index (χ0n) is 19.3. The van der Waals surface area contributed by atoms with E-state index in [0.717, 1.165) is 31.7 Å². The number of rotatable bonds is 8. The van der Waals surface area contributed by atoms with Crippen LogP contribution in [-0.4, -0.2) is 58.9 Å². The van der Waals surface area contributed by atoms with E-state index in [1.165, 1.54) is 22.7 Å². The lowest BCUT2D eigenvalue weighted by atomic mass is 9.82. The first-order valence-corrected chi connectivity index (χ1v) is 13.4. The highest BCUT2D eigenvalue weighted by Gasteiger charge is 2.51. The summed E-state index contributed by atoms with van der Waals surface area (Å²) in [6.07, 6.45) is 2.13. The van der Waals surface area contributed by atoms with Crippen molar-refractivity contribution in [3.8, 4) is 0 Å². The number of quaternary nitrogens is 1. The van der Waals surface area contributed by atoms with Crippen molar-refractivity contribution in [1.29, 1.82) is 0 Å². The molecule has 6 rings (SSSR count). The number of anilines is 1. The van der Waals surface area contributed by atoms with E-state index < -0.39 is 11.6 Å². The number of amides is 1. The van der Waals surface area contributed by atoms with Crippen molar-refractivity contribution in [2.75, 3.05) is 31.5 Å². The molecule has 0 unspecified atom stereocenters. The maximum atomic E-state index is 13.4. The predicted octanol–water partition coefficient (Wildman–Crippen LogP) is 0.391. The van der Waals surface area contributed by atoms with Crippen LogP contribution in [0.5, 0.6) is 0 Å². The van der Waals surface area contributed by atoms with Crippen LogP contribution in [0.25, 0.3) is 0 Å². The molecule has 0 aliphatic carbocycles. The van der Waals surface area contributed by atoms with Gasteiger partial charge in [0.05, 0.1) is 13.1 Å². The van der Waals surface area contributed by atoms with E-state index >= 15 is 0 Å². The molecule has 1 atom stereocenters. The van der Waals surface area contributed by atoms with Crippen molar-refractivity contribution >= 4 is 40.4 Å². The lowest BCUT2D eigenvalue weighted by Crippen LogP contribution is -3.00. The number of carbonyl (C=O) groups is 2. The molecule has 3 aliphatic heterocycles. The van der Waals surface area contributed by atoms with Crippen LogP contribution < -0.4 is 22.3 Å². The summed E-state index contributed by atoms with van der Waals surface area (Å²) in [7, 11) is 0. The normalized spacial score (nSPS) is 23.5. The maximum Gasteiger partial charge on any atom is 0.348 e. The van der Waals surface area contributed by atoms with Crippen molar-refractivity contribution in [3.05, 3.63) is 56.6 Å². The van der Waals surface area contributed by atoms with Crippen molar-refractivity contribution < 1.29 is 45.4 Å². The molecule has 0 radical (unpaired) electrons. The molecule has 188 valence electrons. The number of fused-ring (bicyclic) bond motifs is 3. The fraction of sp³-hybridized carbons (Fsp3) is 0.458. The van der Waals surface area contributed by atoms with Gasteiger partial charge in [0.1, 0.15) is 12.3 Å². The van der Waals surface area contributed by atoms with Gasteiger partial charge in [0.2, 0.25) is 5.60 Å². The van der Waals surface area contributed by atoms with Crippen LogP contribution >= 0.6 is 22.7 Å². The number of esters is 1. The largest absolute Gasteiger partial charge is 1.00 e.